The number of rotatable bonds is 6. The van der Waals surface area contributed by atoms with Crippen molar-refractivity contribution < 1.29 is 14.3 Å². The molecular formula is C26H21BrN2O3. The summed E-state index contributed by atoms with van der Waals surface area (Å²) in [5.41, 5.74) is 2.74. The molecule has 0 radical (unpaired) electrons. The number of benzene rings is 4. The first kappa shape index (κ1) is 21.6. The van der Waals surface area contributed by atoms with Crippen LogP contribution < -0.4 is 15.4 Å². The van der Waals surface area contributed by atoms with E-state index in [-0.39, 0.29) is 18.4 Å². The van der Waals surface area contributed by atoms with Crippen LogP contribution in [0.5, 0.6) is 5.75 Å². The van der Waals surface area contributed by atoms with Gasteiger partial charge < -0.3 is 15.4 Å². The highest BCUT2D eigenvalue weighted by Crippen LogP contribution is 2.33. The van der Waals surface area contributed by atoms with Crippen LogP contribution in [0.2, 0.25) is 0 Å². The maximum absolute atomic E-state index is 12.4. The van der Waals surface area contributed by atoms with E-state index in [4.69, 9.17) is 4.74 Å². The van der Waals surface area contributed by atoms with Gasteiger partial charge in [-0.3, -0.25) is 9.59 Å². The summed E-state index contributed by atoms with van der Waals surface area (Å²) in [4.78, 5) is 24.8. The number of fused-ring (bicyclic) bond motifs is 1. The third-order valence-corrected chi connectivity index (χ3v) is 5.80. The van der Waals surface area contributed by atoms with Crippen molar-refractivity contribution in [1.29, 1.82) is 0 Å². The molecule has 4 aromatic carbocycles. The van der Waals surface area contributed by atoms with Crippen LogP contribution in [0.25, 0.3) is 10.8 Å². The van der Waals surface area contributed by atoms with Crippen LogP contribution in [-0.4, -0.2) is 18.4 Å². The van der Waals surface area contributed by atoms with E-state index in [9.17, 15) is 9.59 Å². The topological polar surface area (TPSA) is 67.4 Å². The van der Waals surface area contributed by atoms with E-state index in [0.29, 0.717) is 22.7 Å². The lowest BCUT2D eigenvalue weighted by Crippen LogP contribution is -2.20. The summed E-state index contributed by atoms with van der Waals surface area (Å²) in [7, 11) is 0. The van der Waals surface area contributed by atoms with E-state index in [2.05, 4.69) is 26.6 Å². The number of ether oxygens (including phenoxy) is 1. The van der Waals surface area contributed by atoms with Crippen LogP contribution in [0.1, 0.15) is 15.9 Å². The zero-order chi connectivity index (χ0) is 22.5. The zero-order valence-corrected chi connectivity index (χ0v) is 19.0. The SMILES string of the molecule is Cc1cc(NC(=O)COc2ccc3ccccc3c2Br)ccc1NC(=O)c1ccccc1. The van der Waals surface area contributed by atoms with Gasteiger partial charge in [-0.1, -0.05) is 48.5 Å². The summed E-state index contributed by atoms with van der Waals surface area (Å²) in [5.74, 6) is 0.152. The average molecular weight is 489 g/mol. The fraction of sp³-hybridized carbons (Fsp3) is 0.0769. The van der Waals surface area contributed by atoms with Crippen LogP contribution in [0, 0.1) is 6.92 Å². The summed E-state index contributed by atoms with van der Waals surface area (Å²) >= 11 is 3.56. The van der Waals surface area contributed by atoms with Crippen molar-refractivity contribution in [2.24, 2.45) is 0 Å². The zero-order valence-electron chi connectivity index (χ0n) is 17.4. The van der Waals surface area contributed by atoms with Crippen molar-refractivity contribution in [3.63, 3.8) is 0 Å². The van der Waals surface area contributed by atoms with Gasteiger partial charge in [-0.25, -0.2) is 0 Å². The van der Waals surface area contributed by atoms with Gasteiger partial charge in [-0.2, -0.15) is 0 Å². The molecule has 0 atom stereocenters. The van der Waals surface area contributed by atoms with Crippen LogP contribution >= 0.6 is 15.9 Å². The third kappa shape index (κ3) is 4.98. The Bertz CT molecular complexity index is 1290. The highest BCUT2D eigenvalue weighted by molar-refractivity contribution is 9.10. The fourth-order valence-electron chi connectivity index (χ4n) is 3.33. The normalized spacial score (nSPS) is 10.6. The Hall–Kier alpha value is -3.64. The number of hydrogen-bond acceptors (Lipinski definition) is 3. The number of carbonyl (C=O) groups is 2. The van der Waals surface area contributed by atoms with Crippen molar-refractivity contribution in [1.82, 2.24) is 0 Å². The molecule has 32 heavy (non-hydrogen) atoms. The number of carbonyl (C=O) groups excluding carboxylic acids is 2. The maximum Gasteiger partial charge on any atom is 0.262 e. The molecule has 0 aliphatic carbocycles. The highest BCUT2D eigenvalue weighted by atomic mass is 79.9. The first-order valence-corrected chi connectivity index (χ1v) is 10.9. The predicted octanol–water partition coefficient (Wildman–Crippen LogP) is 6.18. The first-order valence-electron chi connectivity index (χ1n) is 10.1. The molecule has 4 aromatic rings. The van der Waals surface area contributed by atoms with Crippen molar-refractivity contribution in [2.75, 3.05) is 17.2 Å². The number of hydrogen-bond donors (Lipinski definition) is 2. The Kier molecular flexibility index (Phi) is 6.52. The second-order valence-corrected chi connectivity index (χ2v) is 8.08. The lowest BCUT2D eigenvalue weighted by atomic mass is 10.1. The summed E-state index contributed by atoms with van der Waals surface area (Å²) in [6.45, 7) is 1.75. The van der Waals surface area contributed by atoms with Crippen molar-refractivity contribution in [3.05, 3.63) is 101 Å². The molecule has 0 aromatic heterocycles. The molecule has 4 rings (SSSR count). The minimum atomic E-state index is -0.273. The number of aryl methyl sites for hydroxylation is 1. The van der Waals surface area contributed by atoms with Gasteiger partial charge in [0.25, 0.3) is 11.8 Å². The number of halogens is 1. The molecule has 6 heteroatoms. The Morgan fingerprint density at radius 1 is 0.875 bits per heavy atom. The van der Waals surface area contributed by atoms with E-state index in [0.717, 1.165) is 20.8 Å². The van der Waals surface area contributed by atoms with E-state index in [1.165, 1.54) is 0 Å². The largest absolute Gasteiger partial charge is 0.483 e. The summed E-state index contributed by atoms with van der Waals surface area (Å²) in [6.07, 6.45) is 0. The molecule has 0 saturated carbocycles. The van der Waals surface area contributed by atoms with Crippen LogP contribution in [-0.2, 0) is 4.79 Å². The molecule has 2 amide bonds. The minimum Gasteiger partial charge on any atom is -0.483 e. The lowest BCUT2D eigenvalue weighted by Gasteiger charge is -2.13. The van der Waals surface area contributed by atoms with Gasteiger partial charge in [0.05, 0.1) is 4.47 Å². The summed E-state index contributed by atoms with van der Waals surface area (Å²) in [5, 5.41) is 7.83. The van der Waals surface area contributed by atoms with E-state index < -0.39 is 0 Å². The molecule has 160 valence electrons. The van der Waals surface area contributed by atoms with Gasteiger partial charge in [0.2, 0.25) is 0 Å². The standard InChI is InChI=1S/C26H21BrN2O3/c1-17-15-20(12-13-22(17)29-26(31)19-8-3-2-4-9-19)28-24(30)16-32-23-14-11-18-7-5-6-10-21(18)25(23)27/h2-15H,16H2,1H3,(H,28,30)(H,29,31). The molecule has 5 nitrogen and oxygen atoms in total. The summed E-state index contributed by atoms with van der Waals surface area (Å²) < 4.78 is 6.54. The van der Waals surface area contributed by atoms with Crippen LogP contribution in [0.15, 0.2) is 89.4 Å². The summed E-state index contributed by atoms with van der Waals surface area (Å²) in [6, 6.07) is 26.1. The minimum absolute atomic E-state index is 0.123. The number of nitrogens with one attached hydrogen (secondary N) is 2. The lowest BCUT2D eigenvalue weighted by molar-refractivity contribution is -0.118. The molecule has 0 saturated heterocycles. The maximum atomic E-state index is 12.4. The van der Waals surface area contributed by atoms with E-state index in [1.54, 1.807) is 24.3 Å². The van der Waals surface area contributed by atoms with Crippen molar-refractivity contribution >= 4 is 49.9 Å². The average Bonchev–Trinajstić information content (AvgIpc) is 2.81. The van der Waals surface area contributed by atoms with Gasteiger partial charge in [-0.05, 0) is 75.6 Å². The molecule has 0 spiro atoms. The van der Waals surface area contributed by atoms with Gasteiger partial charge in [0.1, 0.15) is 5.75 Å². The van der Waals surface area contributed by atoms with Crippen LogP contribution in [0.3, 0.4) is 0 Å². The Morgan fingerprint density at radius 2 is 1.62 bits per heavy atom. The molecule has 0 aliphatic heterocycles. The monoisotopic (exact) mass is 488 g/mol. The molecule has 0 heterocycles. The van der Waals surface area contributed by atoms with E-state index in [1.807, 2.05) is 67.6 Å². The number of anilines is 2. The highest BCUT2D eigenvalue weighted by Gasteiger charge is 2.11. The fourth-order valence-corrected chi connectivity index (χ4v) is 3.94. The predicted molar refractivity (Wildman–Crippen MR) is 131 cm³/mol. The Morgan fingerprint density at radius 3 is 2.41 bits per heavy atom. The van der Waals surface area contributed by atoms with Crippen molar-refractivity contribution in [3.8, 4) is 5.75 Å². The molecule has 0 unspecified atom stereocenters. The van der Waals surface area contributed by atoms with Gasteiger partial charge >= 0.3 is 0 Å². The number of amides is 2. The molecular weight excluding hydrogens is 468 g/mol. The molecule has 0 aliphatic rings. The Balaban J connectivity index is 1.37. The smallest absolute Gasteiger partial charge is 0.262 e. The van der Waals surface area contributed by atoms with Gasteiger partial charge in [0, 0.05) is 16.9 Å². The van der Waals surface area contributed by atoms with Crippen LogP contribution in [0.4, 0.5) is 11.4 Å². The molecule has 0 fully saturated rings. The quantitative estimate of drug-likeness (QED) is 0.340. The second-order valence-electron chi connectivity index (χ2n) is 7.29. The third-order valence-electron chi connectivity index (χ3n) is 4.98. The molecule has 0 bridgehead atoms. The van der Waals surface area contributed by atoms with Crippen molar-refractivity contribution in [2.45, 2.75) is 6.92 Å². The second kappa shape index (κ2) is 9.66. The Labute approximate surface area is 194 Å². The van der Waals surface area contributed by atoms with Gasteiger partial charge in [-0.15, -0.1) is 0 Å². The first-order chi connectivity index (χ1) is 15.5. The van der Waals surface area contributed by atoms with E-state index >= 15 is 0 Å². The van der Waals surface area contributed by atoms with Gasteiger partial charge in [0.15, 0.2) is 6.61 Å². The molecule has 2 N–H and O–H groups in total.